The first-order valence-electron chi connectivity index (χ1n) is 10.7. The minimum absolute atomic E-state index is 0.102. The number of carbonyl (C=O) groups is 1. The molecule has 0 radical (unpaired) electrons. The highest BCUT2D eigenvalue weighted by Crippen LogP contribution is 2.34. The highest BCUT2D eigenvalue weighted by atomic mass is 16.5. The lowest BCUT2D eigenvalue weighted by Crippen LogP contribution is -2.60. The summed E-state index contributed by atoms with van der Waals surface area (Å²) in [6, 6.07) is 2.20. The van der Waals surface area contributed by atoms with Gasteiger partial charge in [-0.15, -0.1) is 0 Å². The highest BCUT2D eigenvalue weighted by Gasteiger charge is 2.41. The average molecular weight is 375 g/mol. The molecule has 6 nitrogen and oxygen atoms in total. The Kier molecular flexibility index (Phi) is 5.55. The molecule has 0 bridgehead atoms. The van der Waals surface area contributed by atoms with Gasteiger partial charge in [0.05, 0.1) is 12.2 Å². The van der Waals surface area contributed by atoms with Gasteiger partial charge in [0, 0.05) is 57.2 Å². The standard InChI is InChI=1S/C21H34N4O2/c1-23-11-10-21(9-8-20(23)26)16-25(13-12-24(21)2)15-18-14-19(22-27-18)17-6-4-3-5-7-17/h14,17H,3-13,15-16H2,1-2H3. The number of rotatable bonds is 3. The normalized spacial score (nSPS) is 29.4. The number of piperazine rings is 1. The summed E-state index contributed by atoms with van der Waals surface area (Å²) < 4.78 is 5.71. The van der Waals surface area contributed by atoms with Crippen LogP contribution in [0.5, 0.6) is 0 Å². The van der Waals surface area contributed by atoms with Crippen LogP contribution in [0.2, 0.25) is 0 Å². The van der Waals surface area contributed by atoms with Crippen LogP contribution in [0, 0.1) is 0 Å². The van der Waals surface area contributed by atoms with Crippen molar-refractivity contribution >= 4 is 5.91 Å². The van der Waals surface area contributed by atoms with Gasteiger partial charge in [0.1, 0.15) is 0 Å². The first-order valence-corrected chi connectivity index (χ1v) is 10.7. The van der Waals surface area contributed by atoms with E-state index in [4.69, 9.17) is 4.52 Å². The number of aromatic nitrogens is 1. The van der Waals surface area contributed by atoms with Crippen LogP contribution in [0.15, 0.2) is 10.6 Å². The third-order valence-electron chi connectivity index (χ3n) is 7.20. The Morgan fingerprint density at radius 2 is 1.96 bits per heavy atom. The van der Waals surface area contributed by atoms with Crippen molar-refractivity contribution in [2.75, 3.05) is 40.3 Å². The largest absolute Gasteiger partial charge is 0.360 e. The Morgan fingerprint density at radius 1 is 1.15 bits per heavy atom. The summed E-state index contributed by atoms with van der Waals surface area (Å²) in [6.07, 6.45) is 9.17. The molecule has 3 heterocycles. The Labute approximate surface area is 162 Å². The molecule has 0 N–H and O–H groups in total. The maximum atomic E-state index is 12.1. The molecule has 3 aliphatic rings. The number of amides is 1. The first kappa shape index (κ1) is 18.9. The molecule has 3 fully saturated rings. The van der Waals surface area contributed by atoms with Crippen LogP contribution < -0.4 is 0 Å². The molecule has 2 saturated heterocycles. The van der Waals surface area contributed by atoms with E-state index in [-0.39, 0.29) is 11.4 Å². The van der Waals surface area contributed by atoms with Gasteiger partial charge in [-0.1, -0.05) is 24.4 Å². The summed E-state index contributed by atoms with van der Waals surface area (Å²) in [5, 5.41) is 4.40. The fourth-order valence-corrected chi connectivity index (χ4v) is 5.19. The van der Waals surface area contributed by atoms with Crippen LogP contribution in [0.25, 0.3) is 0 Å². The van der Waals surface area contributed by atoms with Crippen LogP contribution in [0.3, 0.4) is 0 Å². The van der Waals surface area contributed by atoms with Crippen LogP contribution in [-0.2, 0) is 11.3 Å². The third kappa shape index (κ3) is 4.06. The quantitative estimate of drug-likeness (QED) is 0.814. The molecule has 1 aromatic rings. The number of hydrogen-bond donors (Lipinski definition) is 0. The van der Waals surface area contributed by atoms with Crippen LogP contribution in [0.1, 0.15) is 68.7 Å². The van der Waals surface area contributed by atoms with E-state index in [2.05, 4.69) is 28.1 Å². The summed E-state index contributed by atoms with van der Waals surface area (Å²) >= 11 is 0. The first-order chi connectivity index (χ1) is 13.1. The Hall–Kier alpha value is -1.40. The van der Waals surface area contributed by atoms with E-state index in [1.165, 1.54) is 32.1 Å². The Balaban J connectivity index is 1.41. The lowest BCUT2D eigenvalue weighted by atomic mass is 9.86. The third-order valence-corrected chi connectivity index (χ3v) is 7.20. The Bertz CT molecular complexity index is 654. The number of carbonyl (C=O) groups excluding carboxylic acids is 1. The minimum Gasteiger partial charge on any atom is -0.360 e. The fourth-order valence-electron chi connectivity index (χ4n) is 5.19. The van der Waals surface area contributed by atoms with Crippen LogP contribution in [0.4, 0.5) is 0 Å². The fraction of sp³-hybridized carbons (Fsp3) is 0.810. The van der Waals surface area contributed by atoms with Crippen molar-refractivity contribution in [3.63, 3.8) is 0 Å². The van der Waals surface area contributed by atoms with E-state index >= 15 is 0 Å². The topological polar surface area (TPSA) is 52.8 Å². The van der Waals surface area contributed by atoms with Crippen molar-refractivity contribution in [2.45, 2.75) is 69.4 Å². The molecule has 27 heavy (non-hydrogen) atoms. The second kappa shape index (κ2) is 7.92. The van der Waals surface area contributed by atoms with Gasteiger partial charge >= 0.3 is 0 Å². The molecule has 1 saturated carbocycles. The maximum absolute atomic E-state index is 12.1. The molecule has 4 rings (SSSR count). The zero-order valence-corrected chi connectivity index (χ0v) is 17.0. The average Bonchev–Trinajstić information content (AvgIpc) is 3.10. The van der Waals surface area contributed by atoms with E-state index in [9.17, 15) is 4.79 Å². The minimum atomic E-state index is 0.102. The zero-order chi connectivity index (χ0) is 18.9. The molecular weight excluding hydrogens is 340 g/mol. The molecule has 1 atom stereocenters. The van der Waals surface area contributed by atoms with Crippen molar-refractivity contribution in [1.82, 2.24) is 19.9 Å². The number of likely N-dealkylation sites (N-methyl/N-ethyl adjacent to an activating group) is 1. The highest BCUT2D eigenvalue weighted by molar-refractivity contribution is 5.76. The lowest BCUT2D eigenvalue weighted by molar-refractivity contribution is -0.129. The van der Waals surface area contributed by atoms with E-state index in [1.807, 2.05) is 11.9 Å². The van der Waals surface area contributed by atoms with Crippen molar-refractivity contribution in [3.05, 3.63) is 17.5 Å². The predicted octanol–water partition coefficient (Wildman–Crippen LogP) is 2.85. The van der Waals surface area contributed by atoms with Crippen LogP contribution in [-0.4, -0.2) is 71.6 Å². The molecule has 1 aromatic heterocycles. The molecule has 6 heteroatoms. The van der Waals surface area contributed by atoms with Crippen molar-refractivity contribution < 1.29 is 9.32 Å². The van der Waals surface area contributed by atoms with E-state index in [0.29, 0.717) is 12.3 Å². The van der Waals surface area contributed by atoms with E-state index in [0.717, 1.165) is 57.0 Å². The number of likely N-dealkylation sites (tertiary alicyclic amines) is 1. The van der Waals surface area contributed by atoms with Gasteiger partial charge < -0.3 is 9.42 Å². The molecule has 150 valence electrons. The summed E-state index contributed by atoms with van der Waals surface area (Å²) in [5.74, 6) is 1.88. The van der Waals surface area contributed by atoms with Crippen LogP contribution >= 0.6 is 0 Å². The van der Waals surface area contributed by atoms with Gasteiger partial charge in [-0.3, -0.25) is 14.6 Å². The summed E-state index contributed by atoms with van der Waals surface area (Å²) in [7, 11) is 4.16. The molecule has 2 aliphatic heterocycles. The number of hydrogen-bond acceptors (Lipinski definition) is 5. The van der Waals surface area contributed by atoms with E-state index < -0.39 is 0 Å². The van der Waals surface area contributed by atoms with Gasteiger partial charge in [0.15, 0.2) is 5.76 Å². The molecular formula is C21H34N4O2. The van der Waals surface area contributed by atoms with Gasteiger partial charge in [0.25, 0.3) is 0 Å². The van der Waals surface area contributed by atoms with Gasteiger partial charge in [-0.05, 0) is 32.7 Å². The molecule has 0 aromatic carbocycles. The summed E-state index contributed by atoms with van der Waals surface area (Å²) in [4.78, 5) is 19.0. The predicted molar refractivity (Wildman–Crippen MR) is 104 cm³/mol. The van der Waals surface area contributed by atoms with Crippen molar-refractivity contribution in [2.24, 2.45) is 0 Å². The smallest absolute Gasteiger partial charge is 0.222 e. The SMILES string of the molecule is CN1CCC2(CCC1=O)CN(Cc1cc(C3CCCCC3)no1)CCN2C. The summed E-state index contributed by atoms with van der Waals surface area (Å²) in [6.45, 7) is 4.78. The Morgan fingerprint density at radius 3 is 2.78 bits per heavy atom. The molecule has 1 spiro atoms. The molecule has 1 amide bonds. The second-order valence-corrected chi connectivity index (χ2v) is 8.97. The van der Waals surface area contributed by atoms with E-state index in [1.54, 1.807) is 0 Å². The van der Waals surface area contributed by atoms with Gasteiger partial charge in [0.2, 0.25) is 5.91 Å². The molecule has 1 unspecified atom stereocenters. The molecule has 1 aliphatic carbocycles. The van der Waals surface area contributed by atoms with Gasteiger partial charge in [-0.2, -0.15) is 0 Å². The maximum Gasteiger partial charge on any atom is 0.222 e. The monoisotopic (exact) mass is 374 g/mol. The number of nitrogens with zero attached hydrogens (tertiary/aromatic N) is 4. The van der Waals surface area contributed by atoms with Gasteiger partial charge in [-0.25, -0.2) is 0 Å². The lowest BCUT2D eigenvalue weighted by Gasteiger charge is -2.49. The summed E-state index contributed by atoms with van der Waals surface area (Å²) in [5.41, 5.74) is 1.26. The van der Waals surface area contributed by atoms with Crippen molar-refractivity contribution in [3.8, 4) is 0 Å². The van der Waals surface area contributed by atoms with Crippen molar-refractivity contribution in [1.29, 1.82) is 0 Å². The zero-order valence-electron chi connectivity index (χ0n) is 17.0. The second-order valence-electron chi connectivity index (χ2n) is 8.97.